The van der Waals surface area contributed by atoms with Crippen molar-refractivity contribution in [2.45, 2.75) is 80.4 Å². The van der Waals surface area contributed by atoms with E-state index in [0.717, 1.165) is 25.8 Å². The predicted molar refractivity (Wildman–Crippen MR) is 102 cm³/mol. The van der Waals surface area contributed by atoms with Crippen LogP contribution < -0.4 is 10.6 Å². The number of halogens is 1. The maximum absolute atomic E-state index is 12.7. The highest BCUT2D eigenvalue weighted by atomic mass is 35.5. The Kier molecular flexibility index (Phi) is 8.46. The molecule has 2 fully saturated rings. The van der Waals surface area contributed by atoms with Gasteiger partial charge in [0.1, 0.15) is 29.9 Å². The Morgan fingerprint density at radius 2 is 2.04 bits per heavy atom. The lowest BCUT2D eigenvalue weighted by Gasteiger charge is -2.45. The molecule has 1 unspecified atom stereocenters. The fourth-order valence-corrected chi connectivity index (χ4v) is 4.41. The molecule has 0 saturated carbocycles. The Bertz CT molecular complexity index is 470. The van der Waals surface area contributed by atoms with Crippen molar-refractivity contribution in [1.82, 2.24) is 10.6 Å². The average molecular weight is 411 g/mol. The normalized spacial score (nSPS) is 39.7. The molecule has 5 N–H and O–H groups in total. The van der Waals surface area contributed by atoms with Crippen LogP contribution in [0.15, 0.2) is 0 Å². The van der Waals surface area contributed by atoms with Gasteiger partial charge in [-0.05, 0) is 25.5 Å². The summed E-state index contributed by atoms with van der Waals surface area (Å²) in [7, 11) is 0. The molecule has 2 heterocycles. The number of carbonyl (C=O) groups is 1. The van der Waals surface area contributed by atoms with Gasteiger partial charge in [-0.3, -0.25) is 4.79 Å². The molecule has 0 spiro atoms. The van der Waals surface area contributed by atoms with Gasteiger partial charge in [0.2, 0.25) is 5.91 Å². The summed E-state index contributed by atoms with van der Waals surface area (Å²) in [5, 5.41) is 36.0. The van der Waals surface area contributed by atoms with Gasteiger partial charge in [-0.25, -0.2) is 0 Å². The number of ether oxygens (including phenoxy) is 1. The molecule has 2 rings (SSSR count). The number of nitrogens with one attached hydrogen (secondary N) is 2. The van der Waals surface area contributed by atoms with Crippen molar-refractivity contribution in [1.29, 1.82) is 0 Å². The van der Waals surface area contributed by atoms with Crippen LogP contribution in [0, 0.1) is 5.92 Å². The van der Waals surface area contributed by atoms with E-state index < -0.39 is 41.3 Å². The van der Waals surface area contributed by atoms with Gasteiger partial charge in [-0.15, -0.1) is 23.4 Å². The molecule has 2 aliphatic rings. The van der Waals surface area contributed by atoms with E-state index in [-0.39, 0.29) is 11.9 Å². The first-order valence-corrected chi connectivity index (χ1v) is 10.9. The Labute approximate surface area is 164 Å². The van der Waals surface area contributed by atoms with E-state index in [4.69, 9.17) is 16.3 Å². The quantitative estimate of drug-likeness (QED) is 0.359. The molecule has 0 radical (unpaired) electrons. The zero-order valence-electron chi connectivity index (χ0n) is 15.5. The van der Waals surface area contributed by atoms with Gasteiger partial charge in [0.05, 0.1) is 17.5 Å². The van der Waals surface area contributed by atoms with Crippen LogP contribution in [0.5, 0.6) is 0 Å². The lowest BCUT2D eigenvalue weighted by atomic mass is 9.85. The molecule has 0 aromatic carbocycles. The number of alkyl halides is 1. The fraction of sp³-hybridized carbons (Fsp3) is 0.941. The summed E-state index contributed by atoms with van der Waals surface area (Å²) in [6, 6.07) is -0.961. The molecule has 0 aromatic rings. The minimum atomic E-state index is -1.36. The summed E-state index contributed by atoms with van der Waals surface area (Å²) in [4.78, 5) is 12.7. The molecule has 9 atom stereocenters. The number of rotatable bonds is 8. The molecule has 2 saturated heterocycles. The Hall–Kier alpha value is -0.0900. The number of aliphatic hydroxyl groups excluding tert-OH is 3. The van der Waals surface area contributed by atoms with Gasteiger partial charge < -0.3 is 30.7 Å². The number of carbonyl (C=O) groups excluding carboxylic acids is 1. The molecule has 152 valence electrons. The van der Waals surface area contributed by atoms with Crippen molar-refractivity contribution in [3.63, 3.8) is 0 Å². The van der Waals surface area contributed by atoms with Crippen LogP contribution >= 0.6 is 23.4 Å². The smallest absolute Gasteiger partial charge is 0.237 e. The number of hydrogen-bond donors (Lipinski definition) is 5. The highest BCUT2D eigenvalue weighted by Gasteiger charge is 2.48. The Morgan fingerprint density at radius 1 is 1.35 bits per heavy atom. The summed E-state index contributed by atoms with van der Waals surface area (Å²) in [5.74, 6) is 0.122. The van der Waals surface area contributed by atoms with Crippen LogP contribution in [-0.2, 0) is 9.53 Å². The zero-order chi connectivity index (χ0) is 19.4. The maximum atomic E-state index is 12.7. The first kappa shape index (κ1) is 22.2. The molecule has 0 bridgehead atoms. The maximum Gasteiger partial charge on any atom is 0.237 e. The minimum absolute atomic E-state index is 0.174. The van der Waals surface area contributed by atoms with E-state index in [1.807, 2.05) is 0 Å². The van der Waals surface area contributed by atoms with Crippen LogP contribution in [0.2, 0.25) is 0 Å². The van der Waals surface area contributed by atoms with Crippen LogP contribution in [0.1, 0.15) is 33.1 Å². The minimum Gasteiger partial charge on any atom is -0.388 e. The van der Waals surface area contributed by atoms with E-state index >= 15 is 0 Å². The van der Waals surface area contributed by atoms with Crippen LogP contribution in [-0.4, -0.2) is 81.3 Å². The molecule has 26 heavy (non-hydrogen) atoms. The predicted octanol–water partition coefficient (Wildman–Crippen LogP) is 0.0473. The van der Waals surface area contributed by atoms with E-state index in [1.54, 1.807) is 13.2 Å². The third kappa shape index (κ3) is 4.84. The summed E-state index contributed by atoms with van der Waals surface area (Å²) >= 11 is 7.50. The van der Waals surface area contributed by atoms with E-state index in [2.05, 4.69) is 17.6 Å². The van der Waals surface area contributed by atoms with Gasteiger partial charge in [-0.2, -0.15) is 0 Å². The molecular weight excluding hydrogens is 380 g/mol. The average Bonchev–Trinajstić information content (AvgIpc) is 2.57. The second-order valence-corrected chi connectivity index (χ2v) is 8.80. The molecule has 7 nitrogen and oxygen atoms in total. The van der Waals surface area contributed by atoms with E-state index in [0.29, 0.717) is 5.92 Å². The summed E-state index contributed by atoms with van der Waals surface area (Å²) in [6.07, 6.45) is 0.0839. The van der Waals surface area contributed by atoms with Gasteiger partial charge >= 0.3 is 0 Å². The lowest BCUT2D eigenvalue weighted by molar-refractivity contribution is -0.205. The Balaban J connectivity index is 2.05. The molecule has 2 aliphatic heterocycles. The van der Waals surface area contributed by atoms with Crippen molar-refractivity contribution in [3.8, 4) is 0 Å². The van der Waals surface area contributed by atoms with Crippen molar-refractivity contribution >= 4 is 29.3 Å². The monoisotopic (exact) mass is 410 g/mol. The van der Waals surface area contributed by atoms with E-state index in [1.165, 1.54) is 11.8 Å². The third-order valence-electron chi connectivity index (χ3n) is 5.28. The topological polar surface area (TPSA) is 111 Å². The SMILES string of the molecule is CCCC[C@H]1CN[C@@H]1C(=O)N[C@@H](C1O[C@H](SC)[C@H](O)[C@@H](O)[C@H]1O)[C@H](C)Cl. The lowest BCUT2D eigenvalue weighted by Crippen LogP contribution is -2.67. The van der Waals surface area contributed by atoms with Crippen LogP contribution in [0.4, 0.5) is 0 Å². The summed E-state index contributed by atoms with van der Waals surface area (Å²) in [5.41, 5.74) is -0.702. The molecular formula is C17H31ClN2O5S. The van der Waals surface area contributed by atoms with Gasteiger partial charge in [0.25, 0.3) is 0 Å². The Morgan fingerprint density at radius 3 is 2.54 bits per heavy atom. The standard InChI is InChI=1S/C17H31ClN2O5S/c1-4-5-6-9-7-19-11(9)16(24)20-10(8(2)18)15-13(22)12(21)14(23)17(25-15)26-3/h8-15,17,19,21-23H,4-7H2,1-3H3,(H,20,24)/t8-,9-,10+,11-,12-,13+,14+,15?,17+/m0/s1. The van der Waals surface area contributed by atoms with Crippen molar-refractivity contribution in [3.05, 3.63) is 0 Å². The number of unbranched alkanes of at least 4 members (excludes halogenated alkanes) is 1. The van der Waals surface area contributed by atoms with Gasteiger partial charge in [-0.1, -0.05) is 19.8 Å². The first-order chi connectivity index (χ1) is 12.3. The largest absolute Gasteiger partial charge is 0.388 e. The number of amides is 1. The molecule has 0 aliphatic carbocycles. The number of thioether (sulfide) groups is 1. The summed E-state index contributed by atoms with van der Waals surface area (Å²) in [6.45, 7) is 4.65. The van der Waals surface area contributed by atoms with Crippen molar-refractivity contribution in [2.75, 3.05) is 12.8 Å². The van der Waals surface area contributed by atoms with E-state index in [9.17, 15) is 20.1 Å². The second-order valence-electron chi connectivity index (χ2n) is 7.18. The molecule has 0 aromatic heterocycles. The van der Waals surface area contributed by atoms with Crippen LogP contribution in [0.25, 0.3) is 0 Å². The zero-order valence-corrected chi connectivity index (χ0v) is 17.0. The highest BCUT2D eigenvalue weighted by Crippen LogP contribution is 2.30. The first-order valence-electron chi connectivity index (χ1n) is 9.22. The molecule has 1 amide bonds. The number of hydrogen-bond acceptors (Lipinski definition) is 7. The van der Waals surface area contributed by atoms with Gasteiger partial charge in [0, 0.05) is 6.54 Å². The van der Waals surface area contributed by atoms with Gasteiger partial charge in [0.15, 0.2) is 0 Å². The highest BCUT2D eigenvalue weighted by molar-refractivity contribution is 7.99. The third-order valence-corrected chi connectivity index (χ3v) is 6.40. The van der Waals surface area contributed by atoms with Crippen molar-refractivity contribution in [2.24, 2.45) is 5.92 Å². The molecule has 9 heteroatoms. The second kappa shape index (κ2) is 9.91. The fourth-order valence-electron chi connectivity index (χ4n) is 3.52. The number of aliphatic hydroxyl groups is 3. The van der Waals surface area contributed by atoms with Crippen LogP contribution in [0.3, 0.4) is 0 Å². The van der Waals surface area contributed by atoms with Crippen molar-refractivity contribution < 1.29 is 24.9 Å². The summed E-state index contributed by atoms with van der Waals surface area (Å²) < 4.78 is 5.76.